The number of carbonyl (C=O) groups excluding carboxylic acids is 3. The molecule has 0 radical (unpaired) electrons. The summed E-state index contributed by atoms with van der Waals surface area (Å²) in [6.07, 6.45) is 5.16. The number of nitrogens with zero attached hydrogens (tertiary/aromatic N) is 2. The van der Waals surface area contributed by atoms with Crippen LogP contribution in [0.4, 0.5) is 5.69 Å². The molecule has 3 unspecified atom stereocenters. The third-order valence-electron chi connectivity index (χ3n) is 5.87. The van der Waals surface area contributed by atoms with Crippen LogP contribution >= 0.6 is 0 Å². The van der Waals surface area contributed by atoms with E-state index in [0.29, 0.717) is 24.9 Å². The SMILES string of the molecule is CON(C)S(=O)(=O)c1ccc(NC(=O)C(CC(C)C)N2C(=O)C3CC=CCC3C2=O)cc1. The van der Waals surface area contributed by atoms with E-state index in [-0.39, 0.29) is 22.6 Å². The molecule has 174 valence electrons. The van der Waals surface area contributed by atoms with Gasteiger partial charge >= 0.3 is 0 Å². The molecule has 1 N–H and O–H groups in total. The van der Waals surface area contributed by atoms with E-state index in [2.05, 4.69) is 5.32 Å². The van der Waals surface area contributed by atoms with Gasteiger partial charge in [-0.25, -0.2) is 8.42 Å². The number of benzene rings is 1. The van der Waals surface area contributed by atoms with E-state index >= 15 is 0 Å². The average molecular weight is 464 g/mol. The summed E-state index contributed by atoms with van der Waals surface area (Å²) in [6, 6.07) is 4.69. The van der Waals surface area contributed by atoms with Gasteiger partial charge in [-0.05, 0) is 49.4 Å². The fraction of sp³-hybridized carbons (Fsp3) is 0.500. The van der Waals surface area contributed by atoms with Gasteiger partial charge in [0.15, 0.2) is 0 Å². The van der Waals surface area contributed by atoms with Crippen LogP contribution < -0.4 is 5.32 Å². The number of likely N-dealkylation sites (tertiary alicyclic amines) is 1. The Hall–Kier alpha value is -2.56. The van der Waals surface area contributed by atoms with Crippen LogP contribution in [0.1, 0.15) is 33.1 Å². The lowest BCUT2D eigenvalue weighted by molar-refractivity contribution is -0.147. The van der Waals surface area contributed by atoms with Gasteiger partial charge in [0.25, 0.3) is 10.0 Å². The summed E-state index contributed by atoms with van der Waals surface area (Å²) in [7, 11) is -1.29. The fourth-order valence-electron chi connectivity index (χ4n) is 4.09. The minimum absolute atomic E-state index is 0.0000491. The third-order valence-corrected chi connectivity index (χ3v) is 7.56. The number of sulfonamides is 1. The van der Waals surface area contributed by atoms with Crippen molar-refractivity contribution in [2.75, 3.05) is 19.5 Å². The number of fused-ring (bicyclic) bond motifs is 1. The summed E-state index contributed by atoms with van der Waals surface area (Å²) in [6.45, 7) is 3.84. The van der Waals surface area contributed by atoms with E-state index in [9.17, 15) is 22.8 Å². The first kappa shape index (κ1) is 24.1. The molecule has 1 heterocycles. The molecular formula is C22H29N3O6S. The van der Waals surface area contributed by atoms with Crippen molar-refractivity contribution < 1.29 is 27.6 Å². The van der Waals surface area contributed by atoms with Crippen LogP contribution in [0.25, 0.3) is 0 Å². The minimum Gasteiger partial charge on any atom is -0.324 e. The number of rotatable bonds is 8. The molecule has 1 aromatic carbocycles. The van der Waals surface area contributed by atoms with E-state index in [1.54, 1.807) is 0 Å². The van der Waals surface area contributed by atoms with E-state index in [4.69, 9.17) is 4.84 Å². The molecule has 0 spiro atoms. The average Bonchev–Trinajstić information content (AvgIpc) is 3.02. The van der Waals surface area contributed by atoms with Crippen molar-refractivity contribution in [2.45, 2.75) is 44.0 Å². The number of nitrogens with one attached hydrogen (secondary N) is 1. The molecule has 1 saturated heterocycles. The van der Waals surface area contributed by atoms with Crippen LogP contribution in [-0.2, 0) is 29.2 Å². The first-order valence-electron chi connectivity index (χ1n) is 10.5. The maximum absolute atomic E-state index is 13.1. The number of hydrogen-bond donors (Lipinski definition) is 1. The van der Waals surface area contributed by atoms with E-state index in [1.807, 2.05) is 26.0 Å². The minimum atomic E-state index is -3.81. The Morgan fingerprint density at radius 2 is 1.66 bits per heavy atom. The lowest BCUT2D eigenvalue weighted by Crippen LogP contribution is -2.48. The zero-order valence-electron chi connectivity index (χ0n) is 18.6. The predicted octanol–water partition coefficient (Wildman–Crippen LogP) is 2.17. The molecule has 1 aliphatic heterocycles. The highest BCUT2D eigenvalue weighted by molar-refractivity contribution is 7.89. The van der Waals surface area contributed by atoms with Crippen LogP contribution in [0.2, 0.25) is 0 Å². The molecule has 3 rings (SSSR count). The van der Waals surface area contributed by atoms with Crippen LogP contribution in [0.3, 0.4) is 0 Å². The second-order valence-corrected chi connectivity index (χ2v) is 10.4. The Balaban J connectivity index is 1.80. The Morgan fingerprint density at radius 1 is 1.12 bits per heavy atom. The first-order chi connectivity index (χ1) is 15.1. The van der Waals surface area contributed by atoms with Gasteiger partial charge in [-0.3, -0.25) is 24.1 Å². The van der Waals surface area contributed by atoms with Crippen LogP contribution in [-0.4, -0.2) is 55.7 Å². The fourth-order valence-corrected chi connectivity index (χ4v) is 5.06. The van der Waals surface area contributed by atoms with Gasteiger partial charge in [0.05, 0.1) is 23.8 Å². The van der Waals surface area contributed by atoms with Crippen LogP contribution in [0, 0.1) is 17.8 Å². The number of imide groups is 1. The molecule has 9 nitrogen and oxygen atoms in total. The lowest BCUT2D eigenvalue weighted by Gasteiger charge is -2.27. The number of hydroxylamine groups is 1. The molecule has 1 fully saturated rings. The molecule has 32 heavy (non-hydrogen) atoms. The summed E-state index contributed by atoms with van der Waals surface area (Å²) in [5.74, 6) is -1.81. The van der Waals surface area contributed by atoms with Gasteiger partial charge < -0.3 is 5.32 Å². The van der Waals surface area contributed by atoms with E-state index in [0.717, 1.165) is 9.37 Å². The number of carbonyl (C=O) groups is 3. The highest BCUT2D eigenvalue weighted by Crippen LogP contribution is 2.37. The van der Waals surface area contributed by atoms with Crippen molar-refractivity contribution in [2.24, 2.45) is 17.8 Å². The van der Waals surface area contributed by atoms with Crippen molar-refractivity contribution in [1.82, 2.24) is 9.37 Å². The summed E-state index contributed by atoms with van der Waals surface area (Å²) >= 11 is 0. The second-order valence-electron chi connectivity index (χ2n) is 8.46. The number of allylic oxidation sites excluding steroid dienone is 2. The van der Waals surface area contributed by atoms with Gasteiger partial charge in [0, 0.05) is 12.7 Å². The summed E-state index contributed by atoms with van der Waals surface area (Å²) in [5.41, 5.74) is 0.362. The van der Waals surface area contributed by atoms with Crippen molar-refractivity contribution in [1.29, 1.82) is 0 Å². The lowest BCUT2D eigenvalue weighted by atomic mass is 9.85. The number of anilines is 1. The standard InChI is InChI=1S/C22H29N3O6S/c1-14(2)13-19(25-21(27)17-7-5-6-8-18(17)22(25)28)20(26)23-15-9-11-16(12-10-15)32(29,30)24(3)31-4/h5-6,9-12,14,17-19H,7-8,13H2,1-4H3,(H,23,26). The molecule has 3 atom stereocenters. The molecule has 0 saturated carbocycles. The van der Waals surface area contributed by atoms with Gasteiger partial charge in [0.1, 0.15) is 6.04 Å². The molecule has 10 heteroatoms. The van der Waals surface area contributed by atoms with Crippen LogP contribution in [0.15, 0.2) is 41.3 Å². The van der Waals surface area contributed by atoms with Crippen LogP contribution in [0.5, 0.6) is 0 Å². The number of amides is 3. The molecule has 0 aromatic heterocycles. The van der Waals surface area contributed by atoms with E-state index < -0.39 is 33.8 Å². The molecule has 3 amide bonds. The first-order valence-corrected chi connectivity index (χ1v) is 12.0. The normalized spacial score (nSPS) is 21.9. The summed E-state index contributed by atoms with van der Waals surface area (Å²) in [5, 5.41) is 2.73. The molecule has 1 aromatic rings. The van der Waals surface area contributed by atoms with Crippen molar-refractivity contribution in [3.63, 3.8) is 0 Å². The van der Waals surface area contributed by atoms with Crippen molar-refractivity contribution in [3.05, 3.63) is 36.4 Å². The highest BCUT2D eigenvalue weighted by Gasteiger charge is 2.51. The maximum atomic E-state index is 13.1. The molecule has 0 bridgehead atoms. The smallest absolute Gasteiger partial charge is 0.264 e. The Kier molecular flexibility index (Phi) is 7.16. The maximum Gasteiger partial charge on any atom is 0.264 e. The molecular weight excluding hydrogens is 434 g/mol. The topological polar surface area (TPSA) is 113 Å². The van der Waals surface area contributed by atoms with Gasteiger partial charge in [-0.15, -0.1) is 0 Å². The highest BCUT2D eigenvalue weighted by atomic mass is 32.2. The monoisotopic (exact) mass is 463 g/mol. The predicted molar refractivity (Wildman–Crippen MR) is 117 cm³/mol. The Labute approximate surface area is 188 Å². The zero-order valence-corrected chi connectivity index (χ0v) is 19.5. The molecule has 1 aliphatic carbocycles. The Morgan fingerprint density at radius 3 is 2.12 bits per heavy atom. The molecule has 2 aliphatic rings. The number of hydrogen-bond acceptors (Lipinski definition) is 6. The van der Waals surface area contributed by atoms with Gasteiger partial charge in [-0.1, -0.05) is 30.5 Å². The van der Waals surface area contributed by atoms with Crippen molar-refractivity contribution >= 4 is 33.4 Å². The third kappa shape index (κ3) is 4.62. The summed E-state index contributed by atoms with van der Waals surface area (Å²) < 4.78 is 25.4. The second kappa shape index (κ2) is 9.51. The Bertz CT molecular complexity index is 993. The largest absolute Gasteiger partial charge is 0.324 e. The van der Waals surface area contributed by atoms with Crippen molar-refractivity contribution in [3.8, 4) is 0 Å². The zero-order chi connectivity index (χ0) is 23.6. The van der Waals surface area contributed by atoms with Gasteiger partial charge in [0.2, 0.25) is 17.7 Å². The van der Waals surface area contributed by atoms with E-state index in [1.165, 1.54) is 38.4 Å². The quantitative estimate of drug-likeness (QED) is 0.359. The van der Waals surface area contributed by atoms with Gasteiger partial charge in [-0.2, -0.15) is 0 Å². The summed E-state index contributed by atoms with van der Waals surface area (Å²) in [4.78, 5) is 45.0.